The fraction of sp³-hybridized carbons (Fsp3) is 0.250. The maximum Gasteiger partial charge on any atom is 0.175 e. The van der Waals surface area contributed by atoms with Gasteiger partial charge >= 0.3 is 0 Å². The van der Waals surface area contributed by atoms with Gasteiger partial charge in [-0.2, -0.15) is 0 Å². The molecule has 1 radical (unpaired) electrons. The Kier molecular flexibility index (Phi) is 4.45. The Morgan fingerprint density at radius 3 is 2.60 bits per heavy atom. The third kappa shape index (κ3) is 3.84. The second-order valence-corrected chi connectivity index (χ2v) is 6.66. The Balaban J connectivity index is 2.24. The number of ether oxygens (including phenoxy) is 1. The molecule has 3 nitrogen and oxygen atoms in total. The maximum atomic E-state index is 11.5. The zero-order chi connectivity index (χ0) is 14.6. The molecule has 0 atom stereocenters. The molecule has 0 saturated heterocycles. The molecule has 0 fully saturated rings. The van der Waals surface area contributed by atoms with Crippen LogP contribution in [0.5, 0.6) is 11.5 Å². The summed E-state index contributed by atoms with van der Waals surface area (Å²) < 4.78 is 28.7. The zero-order valence-electron chi connectivity index (χ0n) is 11.6. The van der Waals surface area contributed by atoms with Crippen molar-refractivity contribution in [2.45, 2.75) is 24.7 Å². The van der Waals surface area contributed by atoms with E-state index in [9.17, 15) is 8.42 Å². The molecular formula is C16H17O3S. The number of benzene rings is 2. The van der Waals surface area contributed by atoms with Gasteiger partial charge < -0.3 is 4.74 Å². The highest BCUT2D eigenvalue weighted by atomic mass is 32.2. The van der Waals surface area contributed by atoms with Gasteiger partial charge in [0.15, 0.2) is 9.84 Å². The highest BCUT2D eigenvalue weighted by molar-refractivity contribution is 7.90. The van der Waals surface area contributed by atoms with Crippen LogP contribution in [0.25, 0.3) is 0 Å². The molecule has 0 aliphatic heterocycles. The van der Waals surface area contributed by atoms with Crippen molar-refractivity contribution in [3.63, 3.8) is 0 Å². The van der Waals surface area contributed by atoms with Crippen LogP contribution < -0.4 is 4.74 Å². The van der Waals surface area contributed by atoms with E-state index in [0.29, 0.717) is 11.5 Å². The Morgan fingerprint density at radius 2 is 1.90 bits per heavy atom. The number of rotatable bonds is 5. The van der Waals surface area contributed by atoms with E-state index in [0.717, 1.165) is 18.4 Å². The number of sulfone groups is 1. The van der Waals surface area contributed by atoms with Crippen molar-refractivity contribution in [1.82, 2.24) is 0 Å². The van der Waals surface area contributed by atoms with Gasteiger partial charge in [-0.3, -0.25) is 0 Å². The highest BCUT2D eigenvalue weighted by Gasteiger charge is 2.08. The van der Waals surface area contributed by atoms with Crippen molar-refractivity contribution in [2.24, 2.45) is 0 Å². The minimum Gasteiger partial charge on any atom is -0.457 e. The average molecular weight is 289 g/mol. The summed E-state index contributed by atoms with van der Waals surface area (Å²) in [6.45, 7) is 2.11. The number of aryl methyl sites for hydroxylation is 1. The molecule has 2 aromatic rings. The van der Waals surface area contributed by atoms with Crippen LogP contribution in [0.2, 0.25) is 0 Å². The Labute approximate surface area is 120 Å². The minimum atomic E-state index is -3.22. The monoisotopic (exact) mass is 289 g/mol. The predicted octanol–water partition coefficient (Wildman–Crippen LogP) is 3.64. The van der Waals surface area contributed by atoms with Gasteiger partial charge in [0.1, 0.15) is 11.5 Å². The Morgan fingerprint density at radius 1 is 1.15 bits per heavy atom. The molecule has 2 aromatic carbocycles. The summed E-state index contributed by atoms with van der Waals surface area (Å²) in [4.78, 5) is 0.250. The second kappa shape index (κ2) is 6.09. The largest absolute Gasteiger partial charge is 0.457 e. The van der Waals surface area contributed by atoms with Crippen molar-refractivity contribution in [3.05, 3.63) is 54.1 Å². The zero-order valence-corrected chi connectivity index (χ0v) is 12.4. The van der Waals surface area contributed by atoms with Crippen LogP contribution in [-0.2, 0) is 16.3 Å². The number of hydrogen-bond acceptors (Lipinski definition) is 3. The average Bonchev–Trinajstić information content (AvgIpc) is 2.39. The van der Waals surface area contributed by atoms with E-state index in [1.807, 2.05) is 18.2 Å². The van der Waals surface area contributed by atoms with Crippen molar-refractivity contribution in [1.29, 1.82) is 0 Å². The molecule has 0 N–H and O–H groups in total. The lowest BCUT2D eigenvalue weighted by molar-refractivity contribution is 0.479. The molecule has 0 aliphatic carbocycles. The van der Waals surface area contributed by atoms with Crippen molar-refractivity contribution < 1.29 is 13.2 Å². The summed E-state index contributed by atoms with van der Waals surface area (Å²) in [5.41, 5.74) is 1.09. The molecule has 0 bridgehead atoms. The molecule has 20 heavy (non-hydrogen) atoms. The number of hydrogen-bond donors (Lipinski definition) is 0. The van der Waals surface area contributed by atoms with Crippen LogP contribution in [0.3, 0.4) is 0 Å². The first-order valence-electron chi connectivity index (χ1n) is 6.48. The van der Waals surface area contributed by atoms with Crippen LogP contribution in [0.4, 0.5) is 0 Å². The van der Waals surface area contributed by atoms with E-state index in [4.69, 9.17) is 4.74 Å². The summed E-state index contributed by atoms with van der Waals surface area (Å²) >= 11 is 0. The van der Waals surface area contributed by atoms with Crippen molar-refractivity contribution >= 4 is 9.84 Å². The molecule has 105 valence electrons. The van der Waals surface area contributed by atoms with Gasteiger partial charge in [-0.05, 0) is 36.2 Å². The summed E-state index contributed by atoms with van der Waals surface area (Å²) in [6.07, 6.45) is 3.17. The second-order valence-electron chi connectivity index (χ2n) is 4.64. The van der Waals surface area contributed by atoms with Gasteiger partial charge in [0.2, 0.25) is 0 Å². The minimum absolute atomic E-state index is 0.250. The molecule has 0 spiro atoms. The molecule has 0 saturated carbocycles. The van der Waals surface area contributed by atoms with Gasteiger partial charge in [0.05, 0.1) is 4.90 Å². The smallest absolute Gasteiger partial charge is 0.175 e. The lowest BCUT2D eigenvalue weighted by atomic mass is 10.1. The molecule has 0 aromatic heterocycles. The summed E-state index contributed by atoms with van der Waals surface area (Å²) in [5, 5.41) is 0. The molecule has 0 amide bonds. The first-order chi connectivity index (χ1) is 9.49. The van der Waals surface area contributed by atoms with Crippen LogP contribution >= 0.6 is 0 Å². The topological polar surface area (TPSA) is 43.4 Å². The van der Waals surface area contributed by atoms with E-state index in [1.54, 1.807) is 18.2 Å². The quantitative estimate of drug-likeness (QED) is 0.844. The molecule has 2 rings (SSSR count). The standard InChI is InChI=1S/C16H17O3S/c1-3-6-13-7-4-8-14(11-13)19-15-9-5-10-16(12-15)20(2,17)18/h4-5,7-10,12H,3,6H2,1-2H3. The van der Waals surface area contributed by atoms with Crippen molar-refractivity contribution in [2.75, 3.05) is 6.26 Å². The van der Waals surface area contributed by atoms with Gasteiger partial charge in [-0.25, -0.2) is 8.42 Å². The van der Waals surface area contributed by atoms with Crippen molar-refractivity contribution in [3.8, 4) is 11.5 Å². The summed E-state index contributed by atoms with van der Waals surface area (Å²) in [7, 11) is -3.22. The Bertz CT molecular complexity index is 690. The Hall–Kier alpha value is -1.81. The molecule has 4 heteroatoms. The molecule has 0 aliphatic rings. The fourth-order valence-electron chi connectivity index (χ4n) is 1.86. The molecule has 0 heterocycles. The summed E-state index contributed by atoms with van der Waals surface area (Å²) in [5.74, 6) is 1.10. The third-order valence-electron chi connectivity index (χ3n) is 2.81. The summed E-state index contributed by atoms with van der Waals surface area (Å²) in [6, 6.07) is 15.4. The molecular weight excluding hydrogens is 272 g/mol. The SMILES string of the molecule is CCCc1[c]c(Oc2cccc(S(C)(=O)=O)c2)ccc1. The maximum absolute atomic E-state index is 11.5. The first-order valence-corrected chi connectivity index (χ1v) is 8.37. The first kappa shape index (κ1) is 14.6. The van der Waals surface area contributed by atoms with E-state index in [1.165, 1.54) is 12.3 Å². The third-order valence-corrected chi connectivity index (χ3v) is 3.92. The predicted molar refractivity (Wildman–Crippen MR) is 78.9 cm³/mol. The van der Waals surface area contributed by atoms with E-state index in [2.05, 4.69) is 13.0 Å². The van der Waals surface area contributed by atoms with Crippen LogP contribution in [0.1, 0.15) is 18.9 Å². The van der Waals surface area contributed by atoms with Gasteiger partial charge in [-0.15, -0.1) is 0 Å². The lowest BCUT2D eigenvalue weighted by Crippen LogP contribution is -1.97. The van der Waals surface area contributed by atoms with Gasteiger partial charge in [-0.1, -0.05) is 31.5 Å². The van der Waals surface area contributed by atoms with Gasteiger partial charge in [0, 0.05) is 12.3 Å². The van der Waals surface area contributed by atoms with E-state index < -0.39 is 9.84 Å². The fourth-order valence-corrected chi connectivity index (χ4v) is 2.52. The van der Waals surface area contributed by atoms with E-state index >= 15 is 0 Å². The normalized spacial score (nSPS) is 11.3. The van der Waals surface area contributed by atoms with Crippen LogP contribution in [-0.4, -0.2) is 14.7 Å². The lowest BCUT2D eigenvalue weighted by Gasteiger charge is -2.08. The van der Waals surface area contributed by atoms with E-state index in [-0.39, 0.29) is 4.90 Å². The molecule has 0 unspecified atom stereocenters. The van der Waals surface area contributed by atoms with Gasteiger partial charge in [0.25, 0.3) is 0 Å². The van der Waals surface area contributed by atoms with Crippen LogP contribution in [0.15, 0.2) is 47.4 Å². The highest BCUT2D eigenvalue weighted by Crippen LogP contribution is 2.24. The van der Waals surface area contributed by atoms with Crippen LogP contribution in [0, 0.1) is 6.07 Å².